The van der Waals surface area contributed by atoms with Gasteiger partial charge in [0.25, 0.3) is 5.56 Å². The Labute approximate surface area is 173 Å². The lowest BCUT2D eigenvalue weighted by molar-refractivity contribution is -0.145. The number of carbonyl (C=O) groups excluding carboxylic acids is 1. The third-order valence-electron chi connectivity index (χ3n) is 4.16. The second-order valence-electron chi connectivity index (χ2n) is 6.29. The third-order valence-corrected chi connectivity index (χ3v) is 4.42. The quantitative estimate of drug-likeness (QED) is 0.456. The molecule has 1 aromatic heterocycles. The van der Waals surface area contributed by atoms with Crippen molar-refractivity contribution in [1.82, 2.24) is 9.55 Å². The van der Waals surface area contributed by atoms with Crippen molar-refractivity contribution >= 4 is 29.1 Å². The fourth-order valence-electron chi connectivity index (χ4n) is 2.85. The van der Waals surface area contributed by atoms with Gasteiger partial charge >= 0.3 is 5.97 Å². The van der Waals surface area contributed by atoms with E-state index in [2.05, 4.69) is 10.3 Å². The third kappa shape index (κ3) is 4.94. The fourth-order valence-corrected chi connectivity index (χ4v) is 3.14. The molecule has 3 aromatic rings. The van der Waals surface area contributed by atoms with E-state index in [-0.39, 0.29) is 24.1 Å². The molecule has 0 spiro atoms. The topological polar surface area (TPSA) is 99.2 Å². The van der Waals surface area contributed by atoms with Crippen molar-refractivity contribution in [3.05, 3.63) is 75.7 Å². The minimum Gasteiger partial charge on any atom is -0.459 e. The molecule has 0 aliphatic carbocycles. The molecule has 3 rings (SSSR count). The normalized spacial score (nSPS) is 10.6. The van der Waals surface area contributed by atoms with Crippen molar-refractivity contribution < 1.29 is 9.53 Å². The minimum absolute atomic E-state index is 0.0704. The predicted molar refractivity (Wildman–Crippen MR) is 114 cm³/mol. The first-order valence-corrected chi connectivity index (χ1v) is 9.47. The lowest BCUT2D eigenvalue weighted by Crippen LogP contribution is -2.30. The van der Waals surface area contributed by atoms with Gasteiger partial charge in [-0.05, 0) is 24.6 Å². The molecular formula is C21H21ClN4O3. The zero-order chi connectivity index (χ0) is 20.8. The highest BCUT2D eigenvalue weighted by molar-refractivity contribution is 6.32. The summed E-state index contributed by atoms with van der Waals surface area (Å²) in [5.74, 6) is -0.494. The van der Waals surface area contributed by atoms with Crippen LogP contribution in [0.1, 0.15) is 12.5 Å². The summed E-state index contributed by atoms with van der Waals surface area (Å²) in [4.78, 5) is 29.6. The second-order valence-corrected chi connectivity index (χ2v) is 6.65. The van der Waals surface area contributed by atoms with Crippen LogP contribution in [0.4, 0.5) is 11.5 Å². The number of nitrogens with one attached hydrogen (secondary N) is 1. The van der Waals surface area contributed by atoms with Crippen LogP contribution in [0.15, 0.2) is 59.4 Å². The number of nitrogen functional groups attached to an aromatic ring is 1. The number of nitrogens with zero attached hydrogens (tertiary/aromatic N) is 2. The van der Waals surface area contributed by atoms with Crippen LogP contribution in [0.5, 0.6) is 0 Å². The lowest BCUT2D eigenvalue weighted by Gasteiger charge is -2.16. The van der Waals surface area contributed by atoms with Crippen molar-refractivity contribution in [2.45, 2.75) is 20.1 Å². The van der Waals surface area contributed by atoms with E-state index >= 15 is 0 Å². The Kier molecular flexibility index (Phi) is 6.51. The van der Waals surface area contributed by atoms with Gasteiger partial charge in [-0.3, -0.25) is 14.2 Å². The van der Waals surface area contributed by atoms with Gasteiger partial charge in [0.2, 0.25) is 0 Å². The molecule has 3 N–H and O–H groups in total. The van der Waals surface area contributed by atoms with Crippen LogP contribution < -0.4 is 16.6 Å². The first-order valence-electron chi connectivity index (χ1n) is 9.09. The van der Waals surface area contributed by atoms with E-state index in [4.69, 9.17) is 22.1 Å². The average molecular weight is 413 g/mol. The number of rotatable bonds is 7. The highest BCUT2D eigenvalue weighted by Crippen LogP contribution is 2.27. The highest BCUT2D eigenvalue weighted by atomic mass is 35.5. The Morgan fingerprint density at radius 1 is 1.21 bits per heavy atom. The van der Waals surface area contributed by atoms with E-state index in [9.17, 15) is 9.59 Å². The van der Waals surface area contributed by atoms with Crippen molar-refractivity contribution in [3.8, 4) is 11.3 Å². The monoisotopic (exact) mass is 412 g/mol. The first-order chi connectivity index (χ1) is 14.0. The number of hydrogen-bond donors (Lipinski definition) is 2. The van der Waals surface area contributed by atoms with E-state index < -0.39 is 11.5 Å². The van der Waals surface area contributed by atoms with Gasteiger partial charge in [-0.1, -0.05) is 54.1 Å². The number of esters is 1. The van der Waals surface area contributed by atoms with E-state index in [0.29, 0.717) is 23.5 Å². The van der Waals surface area contributed by atoms with Gasteiger partial charge in [0, 0.05) is 17.8 Å². The maximum absolute atomic E-state index is 12.9. The molecule has 2 aromatic carbocycles. The Morgan fingerprint density at radius 3 is 2.66 bits per heavy atom. The number of aromatic nitrogens is 2. The summed E-state index contributed by atoms with van der Waals surface area (Å²) in [7, 11) is 0. The molecule has 0 fully saturated rings. The Hall–Kier alpha value is -3.32. The maximum atomic E-state index is 12.9. The summed E-state index contributed by atoms with van der Waals surface area (Å²) in [6.45, 7) is 2.12. The smallest absolute Gasteiger partial charge is 0.326 e. The molecule has 0 aliphatic heterocycles. The molecule has 8 heteroatoms. The molecule has 0 amide bonds. The number of benzene rings is 2. The van der Waals surface area contributed by atoms with Crippen molar-refractivity contribution in [1.29, 1.82) is 0 Å². The van der Waals surface area contributed by atoms with Crippen LogP contribution in [0.25, 0.3) is 11.3 Å². The largest absolute Gasteiger partial charge is 0.459 e. The van der Waals surface area contributed by atoms with E-state index in [1.54, 1.807) is 24.3 Å². The number of halogens is 1. The summed E-state index contributed by atoms with van der Waals surface area (Å²) in [5.41, 5.74) is 7.64. The molecule has 0 radical (unpaired) electrons. The molecule has 150 valence electrons. The first kappa shape index (κ1) is 20.4. The minimum atomic E-state index is -0.564. The van der Waals surface area contributed by atoms with Gasteiger partial charge in [0.05, 0.1) is 5.69 Å². The van der Waals surface area contributed by atoms with Gasteiger partial charge in [-0.25, -0.2) is 4.98 Å². The molecule has 1 heterocycles. The van der Waals surface area contributed by atoms with Crippen LogP contribution in [-0.2, 0) is 22.7 Å². The molecule has 0 bridgehead atoms. The fraction of sp³-hybridized carbons (Fsp3) is 0.190. The van der Waals surface area contributed by atoms with E-state index in [1.807, 2.05) is 37.3 Å². The predicted octanol–water partition coefficient (Wildman–Crippen LogP) is 3.32. The van der Waals surface area contributed by atoms with Crippen LogP contribution in [0, 0.1) is 0 Å². The molecule has 7 nitrogen and oxygen atoms in total. The average Bonchev–Trinajstić information content (AvgIpc) is 2.71. The number of nitrogens with two attached hydrogens (primary N) is 1. The Balaban J connectivity index is 1.96. The van der Waals surface area contributed by atoms with Crippen molar-refractivity contribution in [2.75, 3.05) is 17.6 Å². The summed E-state index contributed by atoms with van der Waals surface area (Å²) >= 11 is 6.38. The molecule has 0 unspecified atom stereocenters. The molecule has 0 atom stereocenters. The standard InChI is InChI=1S/C21H21ClN4O3/c1-2-24-20-21(28)26(12-17(27)29-13-14-7-4-3-5-8-14)18(19(22)25-20)15-9-6-10-16(23)11-15/h3-11H,2,12-13,23H2,1H3,(H,24,25). The SMILES string of the molecule is CCNc1nc(Cl)c(-c2cccc(N)c2)n(CC(=O)OCc2ccccc2)c1=O. The Morgan fingerprint density at radius 2 is 1.97 bits per heavy atom. The van der Waals surface area contributed by atoms with Gasteiger partial charge < -0.3 is 15.8 Å². The lowest BCUT2D eigenvalue weighted by atomic mass is 10.1. The van der Waals surface area contributed by atoms with Crippen LogP contribution in [-0.4, -0.2) is 22.1 Å². The van der Waals surface area contributed by atoms with Crippen LogP contribution in [0.2, 0.25) is 5.15 Å². The molecule has 29 heavy (non-hydrogen) atoms. The van der Waals surface area contributed by atoms with E-state index in [1.165, 1.54) is 4.57 Å². The van der Waals surface area contributed by atoms with Crippen LogP contribution >= 0.6 is 11.6 Å². The van der Waals surface area contributed by atoms with E-state index in [0.717, 1.165) is 5.56 Å². The zero-order valence-corrected chi connectivity index (χ0v) is 16.6. The molecule has 0 aliphatic rings. The van der Waals surface area contributed by atoms with Gasteiger partial charge in [0.1, 0.15) is 13.2 Å². The Bertz CT molecular complexity index is 1070. The van der Waals surface area contributed by atoms with Gasteiger partial charge in [-0.2, -0.15) is 0 Å². The summed E-state index contributed by atoms with van der Waals surface area (Å²) in [6.07, 6.45) is 0. The van der Waals surface area contributed by atoms with Crippen molar-refractivity contribution in [2.24, 2.45) is 0 Å². The zero-order valence-electron chi connectivity index (χ0n) is 15.9. The van der Waals surface area contributed by atoms with Gasteiger partial charge in [-0.15, -0.1) is 0 Å². The van der Waals surface area contributed by atoms with Crippen molar-refractivity contribution in [3.63, 3.8) is 0 Å². The van der Waals surface area contributed by atoms with Crippen LogP contribution in [0.3, 0.4) is 0 Å². The molecule has 0 saturated heterocycles. The number of anilines is 2. The second kappa shape index (κ2) is 9.25. The summed E-state index contributed by atoms with van der Waals surface area (Å²) in [6, 6.07) is 16.2. The highest BCUT2D eigenvalue weighted by Gasteiger charge is 2.19. The number of carbonyl (C=O) groups is 1. The summed E-state index contributed by atoms with van der Waals surface area (Å²) < 4.78 is 6.59. The maximum Gasteiger partial charge on any atom is 0.326 e. The molecular weight excluding hydrogens is 392 g/mol. The number of hydrogen-bond acceptors (Lipinski definition) is 6. The summed E-state index contributed by atoms with van der Waals surface area (Å²) in [5, 5.41) is 2.96. The number of ether oxygens (including phenoxy) is 1. The molecule has 0 saturated carbocycles. The van der Waals surface area contributed by atoms with Gasteiger partial charge in [0.15, 0.2) is 11.0 Å².